The third-order valence-electron chi connectivity index (χ3n) is 2.74. The molecule has 2 rings (SSSR count). The Balaban J connectivity index is 2.37. The summed E-state index contributed by atoms with van der Waals surface area (Å²) in [5.41, 5.74) is 3.07. The normalized spacial score (nSPS) is 11.0. The van der Waals surface area contributed by atoms with Gasteiger partial charge in [0.2, 0.25) is 0 Å². The zero-order valence-electron chi connectivity index (χ0n) is 11.1. The lowest BCUT2D eigenvalue weighted by molar-refractivity contribution is 0.412. The first kappa shape index (κ1) is 15.6. The molecule has 0 radical (unpaired) electrons. The third-order valence-corrected chi connectivity index (χ3v) is 4.83. The first-order valence-corrected chi connectivity index (χ1v) is 8.17. The number of nitrogens with two attached hydrogens (primary N) is 1. The summed E-state index contributed by atoms with van der Waals surface area (Å²) in [6.45, 7) is 0. The van der Waals surface area contributed by atoms with Crippen molar-refractivity contribution < 1.29 is 13.2 Å². The summed E-state index contributed by atoms with van der Waals surface area (Å²) in [5, 5.41) is 0. The fourth-order valence-electron chi connectivity index (χ4n) is 1.75. The molecule has 0 amide bonds. The topological polar surface area (TPSA) is 93.4 Å². The van der Waals surface area contributed by atoms with Gasteiger partial charge in [-0.15, -0.1) is 0 Å². The number of hydrogen-bond donors (Lipinski definition) is 3. The second-order valence-corrected chi connectivity index (χ2v) is 6.60. The van der Waals surface area contributed by atoms with E-state index in [0.717, 1.165) is 4.47 Å². The number of hydrazine groups is 1. The van der Waals surface area contributed by atoms with Crippen molar-refractivity contribution in [1.82, 2.24) is 0 Å². The van der Waals surface area contributed by atoms with E-state index in [-0.39, 0.29) is 4.90 Å². The van der Waals surface area contributed by atoms with Gasteiger partial charge >= 0.3 is 0 Å². The van der Waals surface area contributed by atoms with Crippen LogP contribution in [-0.4, -0.2) is 15.5 Å². The number of halogens is 1. The van der Waals surface area contributed by atoms with E-state index in [1.54, 1.807) is 36.4 Å². The largest absolute Gasteiger partial charge is 0.495 e. The Bertz CT molecular complexity index is 750. The van der Waals surface area contributed by atoms with Gasteiger partial charge in [0.1, 0.15) is 10.6 Å². The van der Waals surface area contributed by atoms with Crippen LogP contribution in [0.3, 0.4) is 0 Å². The van der Waals surface area contributed by atoms with Crippen molar-refractivity contribution >= 4 is 37.3 Å². The molecule has 0 aliphatic carbocycles. The highest BCUT2D eigenvalue weighted by Crippen LogP contribution is 2.29. The van der Waals surface area contributed by atoms with Crippen molar-refractivity contribution in [3.05, 3.63) is 46.9 Å². The molecule has 2 aromatic carbocycles. The summed E-state index contributed by atoms with van der Waals surface area (Å²) < 4.78 is 33.2. The predicted molar refractivity (Wildman–Crippen MR) is 85.8 cm³/mol. The Hall–Kier alpha value is -1.77. The molecule has 8 heteroatoms. The highest BCUT2D eigenvalue weighted by molar-refractivity contribution is 9.10. The van der Waals surface area contributed by atoms with E-state index in [2.05, 4.69) is 26.1 Å². The minimum atomic E-state index is -3.76. The number of para-hydroxylation sites is 1. The molecule has 6 nitrogen and oxygen atoms in total. The molecule has 21 heavy (non-hydrogen) atoms. The zero-order valence-corrected chi connectivity index (χ0v) is 13.5. The van der Waals surface area contributed by atoms with Crippen molar-refractivity contribution in [2.75, 3.05) is 17.3 Å². The fraction of sp³-hybridized carbons (Fsp3) is 0.0769. The Labute approximate surface area is 131 Å². The minimum Gasteiger partial charge on any atom is -0.495 e. The van der Waals surface area contributed by atoms with Crippen molar-refractivity contribution in [1.29, 1.82) is 0 Å². The monoisotopic (exact) mass is 371 g/mol. The van der Waals surface area contributed by atoms with E-state index in [1.165, 1.54) is 13.2 Å². The summed E-state index contributed by atoms with van der Waals surface area (Å²) in [6, 6.07) is 11.3. The van der Waals surface area contributed by atoms with E-state index in [9.17, 15) is 8.42 Å². The molecular formula is C13H14BrN3O3S. The van der Waals surface area contributed by atoms with Crippen LogP contribution in [0.4, 0.5) is 11.4 Å². The lowest BCUT2D eigenvalue weighted by Crippen LogP contribution is -2.17. The maximum atomic E-state index is 12.4. The van der Waals surface area contributed by atoms with E-state index >= 15 is 0 Å². The first-order chi connectivity index (χ1) is 9.97. The second-order valence-electron chi connectivity index (χ2n) is 4.10. The molecule has 0 unspecified atom stereocenters. The molecule has 112 valence electrons. The average molecular weight is 372 g/mol. The van der Waals surface area contributed by atoms with Gasteiger partial charge in [-0.25, -0.2) is 8.42 Å². The molecule has 0 saturated carbocycles. The molecule has 0 aliphatic rings. The van der Waals surface area contributed by atoms with E-state index in [4.69, 9.17) is 10.6 Å². The number of nitrogens with one attached hydrogen (secondary N) is 2. The molecule has 0 aromatic heterocycles. The molecule has 0 atom stereocenters. The number of ether oxygens (including phenoxy) is 1. The van der Waals surface area contributed by atoms with Crippen LogP contribution in [0.1, 0.15) is 0 Å². The van der Waals surface area contributed by atoms with Gasteiger partial charge in [0.15, 0.2) is 0 Å². The lowest BCUT2D eigenvalue weighted by atomic mass is 10.3. The van der Waals surface area contributed by atoms with Gasteiger partial charge in [-0.05, 0) is 40.2 Å². The number of nitrogen functional groups attached to an aromatic ring is 1. The van der Waals surface area contributed by atoms with E-state index < -0.39 is 10.0 Å². The fourth-order valence-corrected chi connectivity index (χ4v) is 3.38. The summed E-state index contributed by atoms with van der Waals surface area (Å²) in [5.74, 6) is 5.87. The van der Waals surface area contributed by atoms with Gasteiger partial charge in [0.25, 0.3) is 10.0 Å². The van der Waals surface area contributed by atoms with Gasteiger partial charge in [0, 0.05) is 6.07 Å². The highest BCUT2D eigenvalue weighted by Gasteiger charge is 2.18. The smallest absolute Gasteiger partial charge is 0.264 e. The van der Waals surface area contributed by atoms with Crippen LogP contribution in [-0.2, 0) is 10.0 Å². The van der Waals surface area contributed by atoms with Crippen molar-refractivity contribution in [2.24, 2.45) is 5.84 Å². The van der Waals surface area contributed by atoms with Gasteiger partial charge < -0.3 is 10.2 Å². The maximum Gasteiger partial charge on any atom is 0.264 e. The minimum absolute atomic E-state index is 0.0642. The number of hydrogen-bond acceptors (Lipinski definition) is 5. The van der Waals surface area contributed by atoms with Gasteiger partial charge in [-0.3, -0.25) is 10.6 Å². The van der Waals surface area contributed by atoms with E-state index in [1.807, 2.05) is 0 Å². The van der Waals surface area contributed by atoms with E-state index in [0.29, 0.717) is 17.1 Å². The van der Waals surface area contributed by atoms with Crippen molar-refractivity contribution in [3.63, 3.8) is 0 Å². The molecule has 0 bridgehead atoms. The third kappa shape index (κ3) is 3.46. The molecular weight excluding hydrogens is 358 g/mol. The van der Waals surface area contributed by atoms with Crippen LogP contribution in [0.15, 0.2) is 51.8 Å². The number of benzene rings is 2. The lowest BCUT2D eigenvalue weighted by Gasteiger charge is -2.13. The van der Waals surface area contributed by atoms with Crippen molar-refractivity contribution in [3.8, 4) is 5.75 Å². The highest BCUT2D eigenvalue weighted by atomic mass is 79.9. The summed E-state index contributed by atoms with van der Waals surface area (Å²) >= 11 is 3.31. The predicted octanol–water partition coefficient (Wildman–Crippen LogP) is 2.54. The average Bonchev–Trinajstić information content (AvgIpc) is 2.49. The first-order valence-electron chi connectivity index (χ1n) is 5.90. The van der Waals surface area contributed by atoms with Crippen LogP contribution in [0.25, 0.3) is 0 Å². The van der Waals surface area contributed by atoms with Gasteiger partial charge in [0.05, 0.1) is 23.0 Å². The Kier molecular flexibility index (Phi) is 4.71. The molecule has 0 aliphatic heterocycles. The number of methoxy groups -OCH3 is 1. The number of anilines is 2. The Morgan fingerprint density at radius 2 is 1.90 bits per heavy atom. The SMILES string of the molecule is COc1cc(NS(=O)(=O)c2ccccc2NN)ccc1Br. The van der Waals surface area contributed by atoms with Crippen LogP contribution in [0.5, 0.6) is 5.75 Å². The summed E-state index contributed by atoms with van der Waals surface area (Å²) in [4.78, 5) is 0.0642. The van der Waals surface area contributed by atoms with Crippen LogP contribution in [0.2, 0.25) is 0 Å². The van der Waals surface area contributed by atoms with Gasteiger partial charge in [-0.2, -0.15) is 0 Å². The zero-order chi connectivity index (χ0) is 15.5. The Morgan fingerprint density at radius 1 is 1.19 bits per heavy atom. The quantitative estimate of drug-likeness (QED) is 0.554. The molecule has 0 fully saturated rings. The van der Waals surface area contributed by atoms with Crippen LogP contribution < -0.4 is 20.7 Å². The molecule has 0 heterocycles. The molecule has 4 N–H and O–H groups in total. The van der Waals surface area contributed by atoms with Crippen molar-refractivity contribution in [2.45, 2.75) is 4.90 Å². The van der Waals surface area contributed by atoms with Crippen LogP contribution in [0, 0.1) is 0 Å². The summed E-state index contributed by atoms with van der Waals surface area (Å²) in [7, 11) is -2.25. The number of sulfonamides is 1. The van der Waals surface area contributed by atoms with Gasteiger partial charge in [-0.1, -0.05) is 12.1 Å². The second kappa shape index (κ2) is 6.33. The summed E-state index contributed by atoms with van der Waals surface area (Å²) in [6.07, 6.45) is 0. The number of rotatable bonds is 5. The standard InChI is InChI=1S/C13H14BrN3O3S/c1-20-12-8-9(6-7-10(12)14)17-21(18,19)13-5-3-2-4-11(13)16-15/h2-8,16-17H,15H2,1H3. The maximum absolute atomic E-state index is 12.4. The Morgan fingerprint density at radius 3 is 2.57 bits per heavy atom. The molecule has 0 saturated heterocycles. The molecule has 2 aromatic rings. The molecule has 0 spiro atoms. The van der Waals surface area contributed by atoms with Crippen LogP contribution >= 0.6 is 15.9 Å².